The molecule has 2 rings (SSSR count). The van der Waals surface area contributed by atoms with Gasteiger partial charge in [0.25, 0.3) is 0 Å². The molecule has 1 heterocycles. The van der Waals surface area contributed by atoms with Gasteiger partial charge in [0.15, 0.2) is 5.82 Å². The Labute approximate surface area is 85.7 Å². The van der Waals surface area contributed by atoms with Gasteiger partial charge in [-0.15, -0.1) is 5.10 Å². The zero-order valence-electron chi connectivity index (χ0n) is 8.18. The van der Waals surface area contributed by atoms with Crippen molar-refractivity contribution in [2.24, 2.45) is 0 Å². The normalized spacial score (nSPS) is 10.5. The number of aryl methyl sites for hydroxylation is 1. The fourth-order valence-corrected chi connectivity index (χ4v) is 1.37. The summed E-state index contributed by atoms with van der Waals surface area (Å²) >= 11 is 0. The van der Waals surface area contributed by atoms with Gasteiger partial charge in [-0.3, -0.25) is 0 Å². The van der Waals surface area contributed by atoms with E-state index in [1.165, 1.54) is 12.1 Å². The van der Waals surface area contributed by atoms with E-state index in [-0.39, 0.29) is 0 Å². The lowest BCUT2D eigenvalue weighted by Crippen LogP contribution is -2.00. The predicted molar refractivity (Wildman–Crippen MR) is 53.3 cm³/mol. The molecule has 0 unspecified atom stereocenters. The molecule has 0 radical (unpaired) electrons. The van der Waals surface area contributed by atoms with E-state index >= 15 is 0 Å². The summed E-state index contributed by atoms with van der Waals surface area (Å²) in [4.78, 5) is 0. The zero-order valence-corrected chi connectivity index (χ0v) is 8.18. The van der Waals surface area contributed by atoms with Crippen molar-refractivity contribution in [1.29, 1.82) is 0 Å². The summed E-state index contributed by atoms with van der Waals surface area (Å²) in [5.41, 5.74) is 6.48. The number of nitrogens with zero attached hydrogens (tertiary/aromatic N) is 4. The van der Waals surface area contributed by atoms with Gasteiger partial charge in [-0.2, -0.15) is 0 Å². The Hall–Kier alpha value is -1.98. The van der Waals surface area contributed by atoms with E-state index in [4.69, 9.17) is 5.73 Å². The van der Waals surface area contributed by atoms with Crippen molar-refractivity contribution in [2.75, 3.05) is 5.73 Å². The molecule has 2 aromatic rings. The molecule has 0 saturated heterocycles. The highest BCUT2D eigenvalue weighted by molar-refractivity contribution is 5.60. The van der Waals surface area contributed by atoms with Gasteiger partial charge in [0.2, 0.25) is 0 Å². The molecule has 78 valence electrons. The summed E-state index contributed by atoms with van der Waals surface area (Å²) in [6, 6.07) is 4.25. The lowest BCUT2D eigenvalue weighted by Gasteiger charge is -2.02. The van der Waals surface area contributed by atoms with Crippen LogP contribution in [0.25, 0.3) is 11.4 Å². The highest BCUT2D eigenvalue weighted by atomic mass is 19.1. The van der Waals surface area contributed by atoms with E-state index in [0.717, 1.165) is 0 Å². The number of tetrazole rings is 1. The number of nitrogen functional groups attached to an aromatic ring is 1. The molecule has 0 aliphatic heterocycles. The Kier molecular flexibility index (Phi) is 2.32. The van der Waals surface area contributed by atoms with Crippen LogP contribution in [0.2, 0.25) is 0 Å². The first kappa shape index (κ1) is 9.57. The Morgan fingerprint density at radius 1 is 1.40 bits per heavy atom. The van der Waals surface area contributed by atoms with E-state index in [9.17, 15) is 4.39 Å². The minimum Gasteiger partial charge on any atom is -0.399 e. The molecule has 0 saturated carbocycles. The largest absolute Gasteiger partial charge is 0.399 e. The van der Waals surface area contributed by atoms with Crippen LogP contribution >= 0.6 is 0 Å². The van der Waals surface area contributed by atoms with Crippen LogP contribution in [0.3, 0.4) is 0 Å². The molecule has 0 aliphatic carbocycles. The maximum atomic E-state index is 13.1. The number of halogens is 1. The smallest absolute Gasteiger partial charge is 0.182 e. The van der Waals surface area contributed by atoms with Crippen LogP contribution in [0.4, 0.5) is 10.1 Å². The van der Waals surface area contributed by atoms with Crippen molar-refractivity contribution in [3.8, 4) is 11.4 Å². The van der Waals surface area contributed by atoms with Crippen molar-refractivity contribution in [3.63, 3.8) is 0 Å². The van der Waals surface area contributed by atoms with E-state index in [1.54, 1.807) is 10.7 Å². The SMILES string of the molecule is CCn1nnnc1-c1cc(N)cc(F)c1. The summed E-state index contributed by atoms with van der Waals surface area (Å²) in [5.74, 6) is 0.124. The zero-order chi connectivity index (χ0) is 10.8. The lowest BCUT2D eigenvalue weighted by molar-refractivity contribution is 0.623. The Bertz CT molecular complexity index is 459. The van der Waals surface area contributed by atoms with Crippen molar-refractivity contribution in [1.82, 2.24) is 20.2 Å². The maximum Gasteiger partial charge on any atom is 0.182 e. The molecular formula is C9H10FN5. The number of benzene rings is 1. The number of aromatic nitrogens is 4. The second-order valence-corrected chi connectivity index (χ2v) is 3.09. The molecule has 6 heteroatoms. The van der Waals surface area contributed by atoms with E-state index < -0.39 is 5.82 Å². The molecule has 0 spiro atoms. The third-order valence-corrected chi connectivity index (χ3v) is 2.01. The molecule has 1 aromatic heterocycles. The molecule has 0 fully saturated rings. The summed E-state index contributed by atoms with van der Waals surface area (Å²) in [5, 5.41) is 11.1. The molecule has 5 nitrogen and oxygen atoms in total. The first-order valence-electron chi connectivity index (χ1n) is 4.53. The van der Waals surface area contributed by atoms with Gasteiger partial charge in [-0.05, 0) is 35.5 Å². The average molecular weight is 207 g/mol. The first-order chi connectivity index (χ1) is 7.20. The Morgan fingerprint density at radius 2 is 2.20 bits per heavy atom. The number of rotatable bonds is 2. The van der Waals surface area contributed by atoms with Gasteiger partial charge in [0.1, 0.15) is 5.82 Å². The van der Waals surface area contributed by atoms with Crippen LogP contribution in [-0.4, -0.2) is 20.2 Å². The average Bonchev–Trinajstić information content (AvgIpc) is 2.63. The Balaban J connectivity index is 2.53. The van der Waals surface area contributed by atoms with Crippen molar-refractivity contribution in [2.45, 2.75) is 13.5 Å². The number of nitrogens with two attached hydrogens (primary N) is 1. The predicted octanol–water partition coefficient (Wildman–Crippen LogP) is 1.08. The van der Waals surface area contributed by atoms with Crippen molar-refractivity contribution >= 4 is 5.69 Å². The highest BCUT2D eigenvalue weighted by Gasteiger charge is 2.09. The number of hydrogen-bond donors (Lipinski definition) is 1. The molecule has 15 heavy (non-hydrogen) atoms. The first-order valence-corrected chi connectivity index (χ1v) is 4.53. The quantitative estimate of drug-likeness (QED) is 0.748. The lowest BCUT2D eigenvalue weighted by atomic mass is 10.2. The van der Waals surface area contributed by atoms with E-state index in [1.807, 2.05) is 6.92 Å². The minimum atomic E-state index is -0.393. The van der Waals surface area contributed by atoms with Crippen LogP contribution in [0.5, 0.6) is 0 Å². The summed E-state index contributed by atoms with van der Waals surface area (Å²) in [7, 11) is 0. The van der Waals surface area contributed by atoms with Gasteiger partial charge in [-0.25, -0.2) is 9.07 Å². The van der Waals surface area contributed by atoms with Gasteiger partial charge >= 0.3 is 0 Å². The highest BCUT2D eigenvalue weighted by Crippen LogP contribution is 2.20. The summed E-state index contributed by atoms with van der Waals surface area (Å²) in [6.07, 6.45) is 0. The minimum absolute atomic E-state index is 0.357. The fourth-order valence-electron chi connectivity index (χ4n) is 1.37. The van der Waals surface area contributed by atoms with Gasteiger partial charge in [-0.1, -0.05) is 0 Å². The third kappa shape index (κ3) is 1.78. The fraction of sp³-hybridized carbons (Fsp3) is 0.222. The third-order valence-electron chi connectivity index (χ3n) is 2.01. The van der Waals surface area contributed by atoms with Crippen molar-refractivity contribution in [3.05, 3.63) is 24.0 Å². The topological polar surface area (TPSA) is 69.6 Å². The van der Waals surface area contributed by atoms with Crippen LogP contribution in [0.1, 0.15) is 6.92 Å². The molecule has 0 bridgehead atoms. The maximum absolute atomic E-state index is 13.1. The number of hydrogen-bond acceptors (Lipinski definition) is 4. The molecule has 1 aromatic carbocycles. The molecule has 0 atom stereocenters. The van der Waals surface area contributed by atoms with Gasteiger partial charge in [0, 0.05) is 17.8 Å². The monoisotopic (exact) mass is 207 g/mol. The van der Waals surface area contributed by atoms with Crippen LogP contribution in [0, 0.1) is 5.82 Å². The van der Waals surface area contributed by atoms with Crippen LogP contribution in [0.15, 0.2) is 18.2 Å². The molecule has 0 amide bonds. The van der Waals surface area contributed by atoms with Gasteiger partial charge < -0.3 is 5.73 Å². The van der Waals surface area contributed by atoms with Crippen molar-refractivity contribution < 1.29 is 4.39 Å². The standard InChI is InChI=1S/C9H10FN5/c1-2-15-9(12-13-14-15)6-3-7(10)5-8(11)4-6/h3-5H,2,11H2,1H3. The van der Waals surface area contributed by atoms with Crippen LogP contribution in [-0.2, 0) is 6.54 Å². The summed E-state index contributed by atoms with van der Waals surface area (Å²) < 4.78 is 14.7. The molecule has 2 N–H and O–H groups in total. The second-order valence-electron chi connectivity index (χ2n) is 3.09. The molecule has 0 aliphatic rings. The van der Waals surface area contributed by atoms with E-state index in [2.05, 4.69) is 15.5 Å². The van der Waals surface area contributed by atoms with Crippen LogP contribution < -0.4 is 5.73 Å². The van der Waals surface area contributed by atoms with Gasteiger partial charge in [0.05, 0.1) is 0 Å². The molecular weight excluding hydrogens is 197 g/mol. The van der Waals surface area contributed by atoms with E-state index in [0.29, 0.717) is 23.6 Å². The number of anilines is 1. The Morgan fingerprint density at radius 3 is 2.87 bits per heavy atom. The summed E-state index contributed by atoms with van der Waals surface area (Å²) in [6.45, 7) is 2.53. The second kappa shape index (κ2) is 3.64.